The SMILES string of the molecule is CCNCc1ncn(Cc2cc(Br)ccc2OC)n1. The fourth-order valence-corrected chi connectivity index (χ4v) is 2.18. The van der Waals surface area contributed by atoms with Crippen LogP contribution in [0.5, 0.6) is 5.75 Å². The summed E-state index contributed by atoms with van der Waals surface area (Å²) in [5, 5.41) is 7.62. The summed E-state index contributed by atoms with van der Waals surface area (Å²) in [6.07, 6.45) is 1.74. The van der Waals surface area contributed by atoms with Gasteiger partial charge in [-0.05, 0) is 24.7 Å². The van der Waals surface area contributed by atoms with Crippen molar-refractivity contribution in [3.63, 3.8) is 0 Å². The molecule has 0 atom stereocenters. The van der Waals surface area contributed by atoms with Crippen molar-refractivity contribution >= 4 is 15.9 Å². The van der Waals surface area contributed by atoms with Gasteiger partial charge >= 0.3 is 0 Å². The molecule has 1 N–H and O–H groups in total. The van der Waals surface area contributed by atoms with Crippen LogP contribution in [0.1, 0.15) is 18.3 Å². The Morgan fingerprint density at radius 3 is 3.00 bits per heavy atom. The summed E-state index contributed by atoms with van der Waals surface area (Å²) < 4.78 is 8.19. The monoisotopic (exact) mass is 324 g/mol. The smallest absolute Gasteiger partial charge is 0.164 e. The van der Waals surface area contributed by atoms with E-state index < -0.39 is 0 Å². The fraction of sp³-hybridized carbons (Fsp3) is 0.385. The Bertz CT molecular complexity index is 541. The second kappa shape index (κ2) is 6.68. The average Bonchev–Trinajstić information content (AvgIpc) is 2.84. The number of nitrogens with zero attached hydrogens (tertiary/aromatic N) is 3. The lowest BCUT2D eigenvalue weighted by atomic mass is 10.2. The van der Waals surface area contributed by atoms with Gasteiger partial charge in [-0.2, -0.15) is 5.10 Å². The van der Waals surface area contributed by atoms with E-state index in [1.807, 2.05) is 22.9 Å². The fourth-order valence-electron chi connectivity index (χ4n) is 1.77. The molecule has 0 radical (unpaired) electrons. The Morgan fingerprint density at radius 1 is 1.42 bits per heavy atom. The maximum absolute atomic E-state index is 5.35. The first-order valence-electron chi connectivity index (χ1n) is 6.14. The minimum Gasteiger partial charge on any atom is -0.496 e. The molecule has 0 aliphatic heterocycles. The average molecular weight is 325 g/mol. The standard InChI is InChI=1S/C13H17BrN4O/c1-3-15-7-13-16-9-18(17-13)8-10-6-11(14)4-5-12(10)19-2/h4-6,9,15H,3,7-8H2,1-2H3. The summed E-state index contributed by atoms with van der Waals surface area (Å²) in [6, 6.07) is 5.93. The van der Waals surface area contributed by atoms with Crippen LogP contribution in [0.25, 0.3) is 0 Å². The second-order valence-corrected chi connectivity index (χ2v) is 5.01. The molecule has 2 aromatic rings. The van der Waals surface area contributed by atoms with E-state index in [-0.39, 0.29) is 0 Å². The van der Waals surface area contributed by atoms with Gasteiger partial charge in [0.25, 0.3) is 0 Å². The van der Waals surface area contributed by atoms with Gasteiger partial charge < -0.3 is 10.1 Å². The number of halogens is 1. The van der Waals surface area contributed by atoms with E-state index in [1.54, 1.807) is 13.4 Å². The Balaban J connectivity index is 2.12. The number of aromatic nitrogens is 3. The topological polar surface area (TPSA) is 52.0 Å². The van der Waals surface area contributed by atoms with Gasteiger partial charge in [0.05, 0.1) is 20.2 Å². The Kier molecular flexibility index (Phi) is 4.93. The molecule has 2 rings (SSSR count). The summed E-state index contributed by atoms with van der Waals surface area (Å²) in [7, 11) is 1.67. The van der Waals surface area contributed by atoms with Gasteiger partial charge in [-0.15, -0.1) is 0 Å². The molecule has 0 bridgehead atoms. The van der Waals surface area contributed by atoms with Crippen molar-refractivity contribution < 1.29 is 4.74 Å². The van der Waals surface area contributed by atoms with Gasteiger partial charge in [-0.3, -0.25) is 0 Å². The van der Waals surface area contributed by atoms with Crippen molar-refractivity contribution in [2.24, 2.45) is 0 Å². The lowest BCUT2D eigenvalue weighted by Gasteiger charge is -2.08. The van der Waals surface area contributed by atoms with Gasteiger partial charge in [0, 0.05) is 10.0 Å². The number of ether oxygens (including phenoxy) is 1. The molecule has 1 heterocycles. The molecule has 5 nitrogen and oxygen atoms in total. The first kappa shape index (κ1) is 14.0. The number of nitrogens with one attached hydrogen (secondary N) is 1. The zero-order chi connectivity index (χ0) is 13.7. The van der Waals surface area contributed by atoms with Crippen molar-refractivity contribution in [2.45, 2.75) is 20.0 Å². The summed E-state index contributed by atoms with van der Waals surface area (Å²) in [6.45, 7) is 4.30. The highest BCUT2D eigenvalue weighted by atomic mass is 79.9. The zero-order valence-corrected chi connectivity index (χ0v) is 12.6. The zero-order valence-electron chi connectivity index (χ0n) is 11.1. The molecular weight excluding hydrogens is 308 g/mol. The van der Waals surface area contributed by atoms with Crippen molar-refractivity contribution in [3.8, 4) is 5.75 Å². The Morgan fingerprint density at radius 2 is 2.26 bits per heavy atom. The molecule has 0 saturated heterocycles. The molecule has 0 fully saturated rings. The molecule has 1 aromatic carbocycles. The third kappa shape index (κ3) is 3.78. The lowest BCUT2D eigenvalue weighted by molar-refractivity contribution is 0.407. The third-order valence-corrected chi connectivity index (χ3v) is 3.19. The van der Waals surface area contributed by atoms with Crippen molar-refractivity contribution in [1.82, 2.24) is 20.1 Å². The van der Waals surface area contributed by atoms with Gasteiger partial charge in [0.2, 0.25) is 0 Å². The normalized spacial score (nSPS) is 10.7. The summed E-state index contributed by atoms with van der Waals surface area (Å²) in [5.74, 6) is 1.66. The van der Waals surface area contributed by atoms with Crippen LogP contribution in [-0.4, -0.2) is 28.4 Å². The predicted molar refractivity (Wildman–Crippen MR) is 77.2 cm³/mol. The maximum Gasteiger partial charge on any atom is 0.164 e. The van der Waals surface area contributed by atoms with E-state index in [9.17, 15) is 0 Å². The third-order valence-electron chi connectivity index (χ3n) is 2.69. The molecule has 6 heteroatoms. The molecule has 0 amide bonds. The number of hydrogen-bond donors (Lipinski definition) is 1. The van der Waals surface area contributed by atoms with E-state index in [0.29, 0.717) is 13.1 Å². The highest BCUT2D eigenvalue weighted by molar-refractivity contribution is 9.10. The van der Waals surface area contributed by atoms with E-state index in [1.165, 1.54) is 0 Å². The number of benzene rings is 1. The van der Waals surface area contributed by atoms with Crippen LogP contribution in [0.4, 0.5) is 0 Å². The van der Waals surface area contributed by atoms with Gasteiger partial charge in [0.1, 0.15) is 12.1 Å². The van der Waals surface area contributed by atoms with E-state index in [0.717, 1.165) is 28.2 Å². The predicted octanol–water partition coefficient (Wildman–Crippen LogP) is 2.21. The van der Waals surface area contributed by atoms with Gasteiger partial charge in [-0.1, -0.05) is 22.9 Å². The molecule has 19 heavy (non-hydrogen) atoms. The Hall–Kier alpha value is -1.40. The molecular formula is C13H17BrN4O. The molecule has 0 aliphatic carbocycles. The summed E-state index contributed by atoms with van der Waals surface area (Å²) in [5.41, 5.74) is 1.07. The second-order valence-electron chi connectivity index (χ2n) is 4.09. The van der Waals surface area contributed by atoms with E-state index >= 15 is 0 Å². The largest absolute Gasteiger partial charge is 0.496 e. The van der Waals surface area contributed by atoms with Crippen LogP contribution in [-0.2, 0) is 13.1 Å². The lowest BCUT2D eigenvalue weighted by Crippen LogP contribution is -2.13. The summed E-state index contributed by atoms with van der Waals surface area (Å²) in [4.78, 5) is 4.26. The first-order chi connectivity index (χ1) is 9.22. The minimum absolute atomic E-state index is 0.641. The van der Waals surface area contributed by atoms with Crippen molar-refractivity contribution in [2.75, 3.05) is 13.7 Å². The highest BCUT2D eigenvalue weighted by Gasteiger charge is 2.06. The minimum atomic E-state index is 0.641. The number of rotatable bonds is 6. The maximum atomic E-state index is 5.35. The van der Waals surface area contributed by atoms with Gasteiger partial charge in [-0.25, -0.2) is 9.67 Å². The molecule has 0 aliphatic rings. The molecule has 1 aromatic heterocycles. The van der Waals surface area contributed by atoms with Crippen LogP contribution < -0.4 is 10.1 Å². The van der Waals surface area contributed by atoms with Crippen LogP contribution in [0, 0.1) is 0 Å². The number of hydrogen-bond acceptors (Lipinski definition) is 4. The van der Waals surface area contributed by atoms with Crippen LogP contribution in [0.2, 0.25) is 0 Å². The van der Waals surface area contributed by atoms with Crippen LogP contribution >= 0.6 is 15.9 Å². The van der Waals surface area contributed by atoms with E-state index in [2.05, 4.69) is 38.3 Å². The molecule has 0 unspecified atom stereocenters. The van der Waals surface area contributed by atoms with Crippen LogP contribution in [0.15, 0.2) is 29.0 Å². The summed E-state index contributed by atoms with van der Waals surface area (Å²) >= 11 is 3.47. The molecule has 102 valence electrons. The number of methoxy groups -OCH3 is 1. The quantitative estimate of drug-likeness (QED) is 0.885. The molecule has 0 spiro atoms. The molecule has 0 saturated carbocycles. The van der Waals surface area contributed by atoms with Crippen LogP contribution in [0.3, 0.4) is 0 Å². The first-order valence-corrected chi connectivity index (χ1v) is 6.93. The highest BCUT2D eigenvalue weighted by Crippen LogP contribution is 2.23. The van der Waals surface area contributed by atoms with Crippen molar-refractivity contribution in [3.05, 3.63) is 40.4 Å². The van der Waals surface area contributed by atoms with E-state index in [4.69, 9.17) is 4.74 Å². The van der Waals surface area contributed by atoms with Crippen molar-refractivity contribution in [1.29, 1.82) is 0 Å². The van der Waals surface area contributed by atoms with Gasteiger partial charge in [0.15, 0.2) is 5.82 Å². The Labute approximate surface area is 121 Å².